The van der Waals surface area contributed by atoms with E-state index in [1.165, 1.54) is 0 Å². The minimum atomic E-state index is -1.00. The summed E-state index contributed by atoms with van der Waals surface area (Å²) in [6.45, 7) is 0.201. The normalized spacial score (nSPS) is 16.8. The van der Waals surface area contributed by atoms with Crippen molar-refractivity contribution in [3.63, 3.8) is 0 Å². The lowest BCUT2D eigenvalue weighted by atomic mass is 9.88. The van der Waals surface area contributed by atoms with E-state index in [0.29, 0.717) is 10.6 Å². The Hall–Kier alpha value is -1.84. The van der Waals surface area contributed by atoms with Crippen molar-refractivity contribution >= 4 is 17.5 Å². The van der Waals surface area contributed by atoms with Crippen molar-refractivity contribution in [3.05, 3.63) is 70.7 Å². The Bertz CT molecular complexity index is 670. The number of hydrogen-bond acceptors (Lipinski definition) is 2. The average molecular weight is 316 g/mol. The highest BCUT2D eigenvalue weighted by Crippen LogP contribution is 2.45. The maximum atomic E-state index is 12.2. The van der Waals surface area contributed by atoms with Crippen molar-refractivity contribution in [2.45, 2.75) is 18.4 Å². The Balaban J connectivity index is 1.74. The van der Waals surface area contributed by atoms with Crippen molar-refractivity contribution in [2.75, 3.05) is 6.54 Å². The first-order valence-electron chi connectivity index (χ1n) is 7.41. The summed E-state index contributed by atoms with van der Waals surface area (Å²) in [5.41, 5.74) is 0.345. The van der Waals surface area contributed by atoms with Gasteiger partial charge in [-0.05, 0) is 42.5 Å². The molecule has 1 aliphatic carbocycles. The van der Waals surface area contributed by atoms with E-state index in [2.05, 4.69) is 5.32 Å². The fourth-order valence-electron chi connectivity index (χ4n) is 2.72. The Morgan fingerprint density at radius 1 is 1.18 bits per heavy atom. The highest BCUT2D eigenvalue weighted by molar-refractivity contribution is 6.30. The third kappa shape index (κ3) is 3.16. The summed E-state index contributed by atoms with van der Waals surface area (Å²) in [6, 6.07) is 16.3. The molecule has 0 radical (unpaired) electrons. The predicted molar refractivity (Wildman–Crippen MR) is 86.8 cm³/mol. The van der Waals surface area contributed by atoms with Gasteiger partial charge in [-0.1, -0.05) is 48.0 Å². The van der Waals surface area contributed by atoms with Crippen molar-refractivity contribution in [2.24, 2.45) is 5.92 Å². The summed E-state index contributed by atoms with van der Waals surface area (Å²) in [6.07, 6.45) is 1.97. The number of nitrogens with one attached hydrogen (secondary N) is 1. The molecule has 1 aliphatic rings. The van der Waals surface area contributed by atoms with Crippen LogP contribution < -0.4 is 5.32 Å². The van der Waals surface area contributed by atoms with Crippen LogP contribution in [0.15, 0.2) is 54.6 Å². The van der Waals surface area contributed by atoms with E-state index in [1.54, 1.807) is 24.3 Å². The molecule has 2 aromatic carbocycles. The lowest BCUT2D eigenvalue weighted by Gasteiger charge is -2.29. The van der Waals surface area contributed by atoms with Crippen LogP contribution in [0.1, 0.15) is 28.8 Å². The first-order chi connectivity index (χ1) is 10.6. The van der Waals surface area contributed by atoms with E-state index in [0.717, 1.165) is 18.4 Å². The Morgan fingerprint density at radius 3 is 2.55 bits per heavy atom. The van der Waals surface area contributed by atoms with Crippen LogP contribution in [0.2, 0.25) is 5.02 Å². The van der Waals surface area contributed by atoms with Gasteiger partial charge in [0.1, 0.15) is 5.60 Å². The topological polar surface area (TPSA) is 49.3 Å². The summed E-state index contributed by atoms with van der Waals surface area (Å²) in [4.78, 5) is 12.2. The predicted octanol–water partition coefficient (Wildman–Crippen LogP) is 3.37. The monoisotopic (exact) mass is 315 g/mol. The van der Waals surface area contributed by atoms with Crippen molar-refractivity contribution in [3.8, 4) is 0 Å². The van der Waals surface area contributed by atoms with Crippen LogP contribution in [-0.4, -0.2) is 17.6 Å². The van der Waals surface area contributed by atoms with E-state index in [-0.39, 0.29) is 18.4 Å². The lowest BCUT2D eigenvalue weighted by molar-refractivity contribution is 0.0135. The number of carbonyl (C=O) groups excluding carboxylic acids is 1. The molecule has 2 aromatic rings. The Morgan fingerprint density at radius 2 is 1.91 bits per heavy atom. The van der Waals surface area contributed by atoms with Gasteiger partial charge in [-0.3, -0.25) is 4.79 Å². The second-order valence-corrected chi connectivity index (χ2v) is 6.19. The van der Waals surface area contributed by atoms with Crippen LogP contribution in [-0.2, 0) is 5.60 Å². The van der Waals surface area contributed by atoms with E-state index >= 15 is 0 Å². The molecule has 0 spiro atoms. The molecule has 114 valence electrons. The largest absolute Gasteiger partial charge is 0.383 e. The lowest BCUT2D eigenvalue weighted by Crippen LogP contribution is -2.42. The minimum absolute atomic E-state index is 0.201. The molecule has 1 atom stereocenters. The average Bonchev–Trinajstić information content (AvgIpc) is 3.38. The maximum Gasteiger partial charge on any atom is 0.251 e. The van der Waals surface area contributed by atoms with E-state index in [4.69, 9.17) is 11.6 Å². The molecule has 1 saturated carbocycles. The number of amides is 1. The zero-order valence-electron chi connectivity index (χ0n) is 12.1. The molecule has 22 heavy (non-hydrogen) atoms. The third-order valence-corrected chi connectivity index (χ3v) is 4.37. The number of rotatable bonds is 5. The van der Waals surface area contributed by atoms with Crippen LogP contribution >= 0.6 is 11.6 Å². The first kappa shape index (κ1) is 15.1. The van der Waals surface area contributed by atoms with Gasteiger partial charge in [-0.25, -0.2) is 0 Å². The quantitative estimate of drug-likeness (QED) is 0.888. The second-order valence-electron chi connectivity index (χ2n) is 5.76. The molecule has 0 unspecified atom stereocenters. The number of hydrogen-bond donors (Lipinski definition) is 2. The third-order valence-electron chi connectivity index (χ3n) is 4.13. The number of halogens is 1. The summed E-state index contributed by atoms with van der Waals surface area (Å²) in [5.74, 6) is -0.0212. The molecular formula is C18H18ClNO2. The van der Waals surface area contributed by atoms with Crippen molar-refractivity contribution in [1.82, 2.24) is 5.32 Å². The van der Waals surface area contributed by atoms with Gasteiger partial charge in [0.2, 0.25) is 0 Å². The summed E-state index contributed by atoms with van der Waals surface area (Å²) in [7, 11) is 0. The fraction of sp³-hybridized carbons (Fsp3) is 0.278. The van der Waals surface area contributed by atoms with Crippen LogP contribution in [0.5, 0.6) is 0 Å². The fourth-order valence-corrected chi connectivity index (χ4v) is 2.91. The Labute approximate surface area is 134 Å². The van der Waals surface area contributed by atoms with Crippen molar-refractivity contribution < 1.29 is 9.90 Å². The molecule has 0 saturated heterocycles. The van der Waals surface area contributed by atoms with Gasteiger partial charge in [-0.2, -0.15) is 0 Å². The summed E-state index contributed by atoms with van der Waals surface area (Å²) in [5, 5.41) is 14.4. The van der Waals surface area contributed by atoms with Crippen molar-refractivity contribution in [1.29, 1.82) is 0 Å². The molecule has 1 amide bonds. The molecule has 0 aliphatic heterocycles. The highest BCUT2D eigenvalue weighted by Gasteiger charge is 2.45. The van der Waals surface area contributed by atoms with Crippen LogP contribution in [0, 0.1) is 5.92 Å². The van der Waals surface area contributed by atoms with Crippen LogP contribution in [0.4, 0.5) is 0 Å². The van der Waals surface area contributed by atoms with Gasteiger partial charge >= 0.3 is 0 Å². The zero-order valence-corrected chi connectivity index (χ0v) is 12.9. The van der Waals surface area contributed by atoms with Gasteiger partial charge in [0, 0.05) is 10.6 Å². The number of benzene rings is 2. The summed E-state index contributed by atoms with van der Waals surface area (Å²) < 4.78 is 0. The Kier molecular flexibility index (Phi) is 4.19. The molecule has 3 rings (SSSR count). The van der Waals surface area contributed by atoms with Crippen LogP contribution in [0.3, 0.4) is 0 Å². The molecule has 4 heteroatoms. The highest BCUT2D eigenvalue weighted by atomic mass is 35.5. The first-order valence-corrected chi connectivity index (χ1v) is 7.79. The smallest absolute Gasteiger partial charge is 0.251 e. The molecule has 0 bridgehead atoms. The van der Waals surface area contributed by atoms with Gasteiger partial charge in [0.25, 0.3) is 5.91 Å². The standard InChI is InChI=1S/C18H18ClNO2/c19-16-8-4-5-13(11-16)17(21)20-12-18(22,15-9-10-15)14-6-2-1-3-7-14/h1-8,11,15,22H,9-10,12H2,(H,20,21)/t18-/m0/s1. The second kappa shape index (κ2) is 6.11. The molecule has 0 heterocycles. The summed E-state index contributed by atoms with van der Waals surface area (Å²) >= 11 is 5.91. The zero-order chi connectivity index (χ0) is 15.6. The van der Waals surface area contributed by atoms with Gasteiger partial charge < -0.3 is 10.4 Å². The van der Waals surface area contributed by atoms with Gasteiger partial charge in [-0.15, -0.1) is 0 Å². The van der Waals surface area contributed by atoms with E-state index in [9.17, 15) is 9.90 Å². The van der Waals surface area contributed by atoms with Crippen LogP contribution in [0.25, 0.3) is 0 Å². The SMILES string of the molecule is O=C(NC[C@](O)(c1ccccc1)C1CC1)c1cccc(Cl)c1. The molecule has 3 nitrogen and oxygen atoms in total. The van der Waals surface area contributed by atoms with E-state index < -0.39 is 5.60 Å². The van der Waals surface area contributed by atoms with E-state index in [1.807, 2.05) is 30.3 Å². The number of carbonyl (C=O) groups is 1. The molecule has 2 N–H and O–H groups in total. The molecule has 1 fully saturated rings. The van der Waals surface area contributed by atoms with Gasteiger partial charge in [0.15, 0.2) is 0 Å². The molecule has 0 aromatic heterocycles. The number of aliphatic hydroxyl groups is 1. The molecular weight excluding hydrogens is 298 g/mol. The minimum Gasteiger partial charge on any atom is -0.383 e. The maximum absolute atomic E-state index is 12.2. The van der Waals surface area contributed by atoms with Gasteiger partial charge in [0.05, 0.1) is 6.54 Å².